The number of amides is 3. The van der Waals surface area contributed by atoms with Crippen molar-refractivity contribution >= 4 is 66.4 Å². The predicted molar refractivity (Wildman–Crippen MR) is 263 cm³/mol. The number of ether oxygens (including phenoxy) is 5. The van der Waals surface area contributed by atoms with E-state index < -0.39 is 35.4 Å². The number of phenolic OH excluding ortho intramolecular Hbond substituents is 1. The van der Waals surface area contributed by atoms with Crippen molar-refractivity contribution in [3.05, 3.63) is 112 Å². The molecule has 0 unspecified atom stereocenters. The number of hydrogen-bond donors (Lipinski definition) is 4. The fraction of sp³-hybridized carbons (Fsp3) is 0.360. The highest BCUT2D eigenvalue weighted by Crippen LogP contribution is 2.47. The summed E-state index contributed by atoms with van der Waals surface area (Å²) in [6, 6.07) is 26.7. The Balaban J connectivity index is 0.771. The zero-order valence-corrected chi connectivity index (χ0v) is 41.0. The molecule has 17 heteroatoms. The van der Waals surface area contributed by atoms with Crippen LogP contribution in [-0.4, -0.2) is 109 Å². The number of β-amino-alcohol motifs (C(OH)–C–C–N with tert-alkyl or cyclic N) is 1. The Morgan fingerprint density at radius 2 is 1.49 bits per heavy atom. The molecular weight excluding hydrogens is 961 g/mol. The van der Waals surface area contributed by atoms with Gasteiger partial charge in [0.1, 0.15) is 42.5 Å². The van der Waals surface area contributed by atoms with Crippen LogP contribution in [0.15, 0.2) is 101 Å². The Hall–Kier alpha value is -5.40. The molecule has 14 nitrogen and oxygen atoms in total. The van der Waals surface area contributed by atoms with Crippen LogP contribution in [0.1, 0.15) is 38.4 Å². The number of thiazole rings is 1. The summed E-state index contributed by atoms with van der Waals surface area (Å²) in [6.07, 6.45) is -0.778. The molecule has 3 amide bonds. The molecule has 2 aromatic heterocycles. The lowest BCUT2D eigenvalue weighted by atomic mass is 9.85. The molecular formula is C50H55BrN4O10S2. The minimum absolute atomic E-state index is 0.0183. The molecule has 4 N–H and O–H groups in total. The third kappa shape index (κ3) is 13.4. The highest BCUT2D eigenvalue weighted by Gasteiger charge is 2.44. The van der Waals surface area contributed by atoms with Gasteiger partial charge in [0.25, 0.3) is 0 Å². The maximum Gasteiger partial charge on any atom is 0.246 e. The number of nitrogens with zero attached hydrogens (tertiary/aromatic N) is 2. The van der Waals surface area contributed by atoms with Crippen molar-refractivity contribution in [2.24, 2.45) is 5.41 Å². The number of phenols is 1. The van der Waals surface area contributed by atoms with E-state index in [0.717, 1.165) is 52.4 Å². The van der Waals surface area contributed by atoms with Crippen molar-refractivity contribution in [2.45, 2.75) is 58.8 Å². The van der Waals surface area contributed by atoms with Gasteiger partial charge in [-0.1, -0.05) is 73.1 Å². The van der Waals surface area contributed by atoms with Gasteiger partial charge < -0.3 is 49.4 Å². The Morgan fingerprint density at radius 3 is 2.16 bits per heavy atom. The van der Waals surface area contributed by atoms with Crippen molar-refractivity contribution in [2.75, 3.05) is 52.8 Å². The number of carbonyl (C=O) groups excluding carboxylic acids is 3. The molecule has 354 valence electrons. The molecule has 4 aromatic carbocycles. The van der Waals surface area contributed by atoms with Crippen LogP contribution in [0.3, 0.4) is 0 Å². The maximum atomic E-state index is 13.9. The van der Waals surface area contributed by atoms with Crippen molar-refractivity contribution in [3.8, 4) is 43.9 Å². The first kappa shape index (κ1) is 49.5. The number of benzene rings is 4. The van der Waals surface area contributed by atoms with E-state index in [4.69, 9.17) is 23.7 Å². The first-order valence-corrected chi connectivity index (χ1v) is 24.4. The summed E-state index contributed by atoms with van der Waals surface area (Å²) in [4.78, 5) is 48.1. The van der Waals surface area contributed by atoms with E-state index in [-0.39, 0.29) is 51.0 Å². The second kappa shape index (κ2) is 23.1. The van der Waals surface area contributed by atoms with Gasteiger partial charge in [-0.25, -0.2) is 4.98 Å². The van der Waals surface area contributed by atoms with Crippen LogP contribution in [0.4, 0.5) is 0 Å². The number of aromatic hydroxyl groups is 1. The Kier molecular flexibility index (Phi) is 17.0. The molecule has 0 bridgehead atoms. The summed E-state index contributed by atoms with van der Waals surface area (Å²) >= 11 is 6.63. The first-order chi connectivity index (χ1) is 32.2. The van der Waals surface area contributed by atoms with E-state index in [9.17, 15) is 24.6 Å². The zero-order valence-electron chi connectivity index (χ0n) is 37.8. The van der Waals surface area contributed by atoms with Gasteiger partial charge in [0.2, 0.25) is 17.7 Å². The summed E-state index contributed by atoms with van der Waals surface area (Å²) < 4.78 is 31.0. The van der Waals surface area contributed by atoms with Crippen molar-refractivity contribution in [1.82, 2.24) is 20.5 Å². The standard InChI is InChI=1S/C50H55BrN4O10S2/c1-31-45(66-30-53-31)33-7-5-32(6-8-33)27-52-48(59)41-25-37(57)28-55(41)49(60)47(50(2,3)4)54-43(58)29-63-22-21-61-19-20-62-23-24-64-38-14-16-39(17-15-38)65-44-40-18-13-36(56)26-42(40)67-46(44)34-9-11-35(51)12-10-34/h5-18,26,30,37,41,47,56-57H,19-25,27-29H2,1-4H3,(H,52,59)(H,54,58)/t37-,41+,47-/m1/s1. The number of aliphatic hydroxyl groups is 1. The monoisotopic (exact) mass is 1010 g/mol. The largest absolute Gasteiger partial charge is 0.508 e. The van der Waals surface area contributed by atoms with E-state index in [1.165, 1.54) is 4.90 Å². The number of fused-ring (bicyclic) bond motifs is 1. The number of aromatic nitrogens is 1. The van der Waals surface area contributed by atoms with Crippen LogP contribution in [0.5, 0.6) is 23.0 Å². The topological polar surface area (TPSA) is 178 Å². The Labute approximate surface area is 406 Å². The third-order valence-electron chi connectivity index (χ3n) is 11.0. The highest BCUT2D eigenvalue weighted by atomic mass is 79.9. The number of aryl methyl sites for hydroxylation is 1. The van der Waals surface area contributed by atoms with Crippen molar-refractivity contribution < 1.29 is 48.3 Å². The molecule has 0 spiro atoms. The smallest absolute Gasteiger partial charge is 0.246 e. The molecule has 3 atom stereocenters. The molecule has 1 saturated heterocycles. The summed E-state index contributed by atoms with van der Waals surface area (Å²) in [5.74, 6) is 0.926. The second-order valence-corrected chi connectivity index (χ2v) is 19.9. The number of likely N-dealkylation sites (tertiary alicyclic amines) is 1. The molecule has 1 aliphatic rings. The van der Waals surface area contributed by atoms with E-state index in [2.05, 4.69) is 31.5 Å². The average molecular weight is 1020 g/mol. The number of aliphatic hydroxyl groups excluding tert-OH is 1. The van der Waals surface area contributed by atoms with E-state index in [1.807, 2.05) is 112 Å². The van der Waals surface area contributed by atoms with E-state index in [0.29, 0.717) is 37.9 Å². The summed E-state index contributed by atoms with van der Waals surface area (Å²) in [5, 5.41) is 27.2. The quantitative estimate of drug-likeness (QED) is 0.0509. The molecule has 1 aliphatic heterocycles. The van der Waals surface area contributed by atoms with Gasteiger partial charge in [0.15, 0.2) is 5.75 Å². The average Bonchev–Trinajstić information content (AvgIpc) is 4.03. The number of halogens is 1. The number of carbonyl (C=O) groups is 3. The highest BCUT2D eigenvalue weighted by molar-refractivity contribution is 9.10. The fourth-order valence-corrected chi connectivity index (χ4v) is 9.73. The Bertz CT molecular complexity index is 2600. The molecule has 6 aromatic rings. The van der Waals surface area contributed by atoms with Gasteiger partial charge in [-0.2, -0.15) is 0 Å². The fourth-order valence-electron chi connectivity index (χ4n) is 7.48. The zero-order chi connectivity index (χ0) is 47.5. The van der Waals surface area contributed by atoms with Crippen LogP contribution < -0.4 is 20.1 Å². The normalized spacial score (nSPS) is 15.4. The summed E-state index contributed by atoms with van der Waals surface area (Å²) in [5.41, 5.74) is 5.02. The molecule has 0 radical (unpaired) electrons. The van der Waals surface area contributed by atoms with Gasteiger partial charge in [-0.3, -0.25) is 14.4 Å². The minimum atomic E-state index is -0.968. The molecule has 67 heavy (non-hydrogen) atoms. The molecule has 0 aliphatic carbocycles. The van der Waals surface area contributed by atoms with Crippen LogP contribution in [0, 0.1) is 12.3 Å². The molecule has 0 saturated carbocycles. The van der Waals surface area contributed by atoms with Crippen LogP contribution >= 0.6 is 38.6 Å². The van der Waals surface area contributed by atoms with E-state index in [1.54, 1.807) is 34.8 Å². The summed E-state index contributed by atoms with van der Waals surface area (Å²) in [7, 11) is 0. The van der Waals surface area contributed by atoms with Crippen LogP contribution in [0.25, 0.3) is 31.0 Å². The minimum Gasteiger partial charge on any atom is -0.508 e. The lowest BCUT2D eigenvalue weighted by Gasteiger charge is -2.35. The Morgan fingerprint density at radius 1 is 0.851 bits per heavy atom. The van der Waals surface area contributed by atoms with Crippen molar-refractivity contribution in [1.29, 1.82) is 0 Å². The van der Waals surface area contributed by atoms with Gasteiger partial charge in [-0.15, -0.1) is 22.7 Å². The van der Waals surface area contributed by atoms with Crippen LogP contribution in [0.2, 0.25) is 0 Å². The van der Waals surface area contributed by atoms with E-state index >= 15 is 0 Å². The van der Waals surface area contributed by atoms with Gasteiger partial charge in [0, 0.05) is 34.1 Å². The predicted octanol–water partition coefficient (Wildman–Crippen LogP) is 8.50. The van der Waals surface area contributed by atoms with Crippen LogP contribution in [-0.2, 0) is 35.1 Å². The number of nitrogens with one attached hydrogen (secondary N) is 2. The first-order valence-electron chi connectivity index (χ1n) is 21.9. The number of thiophene rings is 1. The number of hydrogen-bond acceptors (Lipinski definition) is 13. The lowest BCUT2D eigenvalue weighted by Crippen LogP contribution is -2.58. The maximum absolute atomic E-state index is 13.9. The van der Waals surface area contributed by atoms with Gasteiger partial charge in [-0.05, 0) is 83.6 Å². The van der Waals surface area contributed by atoms with Gasteiger partial charge >= 0.3 is 0 Å². The second-order valence-electron chi connectivity index (χ2n) is 17.1. The summed E-state index contributed by atoms with van der Waals surface area (Å²) in [6.45, 7) is 9.11. The third-order valence-corrected chi connectivity index (χ3v) is 13.7. The lowest BCUT2D eigenvalue weighted by molar-refractivity contribution is -0.144. The number of rotatable bonds is 21. The van der Waals surface area contributed by atoms with Crippen molar-refractivity contribution in [3.63, 3.8) is 0 Å². The molecule has 7 rings (SSSR count). The van der Waals surface area contributed by atoms with Gasteiger partial charge in [0.05, 0.1) is 60.1 Å². The molecule has 3 heterocycles. The molecule has 1 fully saturated rings. The SMILES string of the molecule is Cc1ncsc1-c1ccc(CNC(=O)[C@@H]2C[C@@H](O)CN2C(=O)[C@@H](NC(=O)COCCOCCOCCOc2ccc(Oc3c(-c4ccc(Br)cc4)sc4cc(O)ccc34)cc2)C(C)(C)C)cc1.